The van der Waals surface area contributed by atoms with E-state index in [9.17, 15) is 32.7 Å². The lowest BCUT2D eigenvalue weighted by atomic mass is 9.98. The zero-order chi connectivity index (χ0) is 25.2. The molecule has 0 amide bonds. The zero-order valence-corrected chi connectivity index (χ0v) is 19.3. The maximum atomic E-state index is 13.6. The largest absolute Gasteiger partial charge is 0.394 e. The lowest BCUT2D eigenvalue weighted by Gasteiger charge is -2.40. The molecule has 1 fully saturated rings. The van der Waals surface area contributed by atoms with Gasteiger partial charge >= 0.3 is 0 Å². The monoisotopic (exact) mass is 539 g/mol. The van der Waals surface area contributed by atoms with Gasteiger partial charge < -0.3 is 25.9 Å². The van der Waals surface area contributed by atoms with Crippen LogP contribution in [0, 0.1) is 17.5 Å². The van der Waals surface area contributed by atoms with Crippen LogP contribution in [0.25, 0.3) is 0 Å². The molecule has 6 atom stereocenters. The molecule has 14 heteroatoms. The highest BCUT2D eigenvalue weighted by Gasteiger charge is 2.47. The number of aliphatic hydroxyl groups is 3. The molecule has 0 spiro atoms. The van der Waals surface area contributed by atoms with Crippen LogP contribution in [-0.2, 0) is 15.5 Å². The number of benzene rings is 2. The summed E-state index contributed by atoms with van der Waals surface area (Å²) in [5, 5.41) is 34.5. The highest BCUT2D eigenvalue weighted by atomic mass is 35.5. The first-order valence-electron chi connectivity index (χ1n) is 9.53. The van der Waals surface area contributed by atoms with Crippen molar-refractivity contribution in [3.63, 3.8) is 0 Å². The molecular weight excluding hydrogens is 522 g/mol. The molecule has 0 radical (unpaired) electrons. The van der Waals surface area contributed by atoms with E-state index >= 15 is 0 Å². The molecule has 0 saturated carbocycles. The number of halogens is 5. The SMILES string of the molecule is NN=C(C=NC1C(O)[C@@H](S(=O)c2ccc(Cl)c(Cl)c2)OC(CO)[C@@H]1O)c1cc(F)c(F)c(F)c1. The molecule has 2 aromatic rings. The number of nitrogens with two attached hydrogens (primary N) is 1. The maximum Gasteiger partial charge on any atom is 0.194 e. The van der Waals surface area contributed by atoms with Crippen molar-refractivity contribution in [2.75, 3.05) is 6.61 Å². The fourth-order valence-electron chi connectivity index (χ4n) is 3.20. The number of ether oxygens (including phenoxy) is 1. The smallest absolute Gasteiger partial charge is 0.194 e. The number of aliphatic imine (C=N–C) groups is 1. The van der Waals surface area contributed by atoms with E-state index in [1.807, 2.05) is 0 Å². The molecule has 0 bridgehead atoms. The fraction of sp³-hybridized carbons (Fsp3) is 0.300. The Morgan fingerprint density at radius 1 is 1.12 bits per heavy atom. The van der Waals surface area contributed by atoms with Crippen molar-refractivity contribution in [1.29, 1.82) is 0 Å². The summed E-state index contributed by atoms with van der Waals surface area (Å²) < 4.78 is 58.9. The highest BCUT2D eigenvalue weighted by molar-refractivity contribution is 7.85. The first kappa shape index (κ1) is 26.5. The summed E-state index contributed by atoms with van der Waals surface area (Å²) in [7, 11) is -2.04. The van der Waals surface area contributed by atoms with Gasteiger partial charge in [0.25, 0.3) is 0 Å². The van der Waals surface area contributed by atoms with Crippen LogP contribution in [0.3, 0.4) is 0 Å². The number of hydrogen-bond donors (Lipinski definition) is 4. The second-order valence-corrected chi connectivity index (χ2v) is 9.46. The molecule has 1 heterocycles. The van der Waals surface area contributed by atoms with Crippen LogP contribution >= 0.6 is 23.2 Å². The molecule has 184 valence electrons. The van der Waals surface area contributed by atoms with Crippen LogP contribution in [0.2, 0.25) is 10.0 Å². The van der Waals surface area contributed by atoms with Crippen LogP contribution in [0.15, 0.2) is 45.3 Å². The minimum atomic E-state index is -2.04. The van der Waals surface area contributed by atoms with Gasteiger partial charge in [0, 0.05) is 16.7 Å². The van der Waals surface area contributed by atoms with E-state index in [0.29, 0.717) is 12.1 Å². The molecule has 2 aromatic carbocycles. The Morgan fingerprint density at radius 3 is 2.32 bits per heavy atom. The molecule has 3 rings (SSSR count). The van der Waals surface area contributed by atoms with Crippen molar-refractivity contribution in [1.82, 2.24) is 0 Å². The predicted molar refractivity (Wildman–Crippen MR) is 120 cm³/mol. The molecule has 0 aliphatic carbocycles. The van der Waals surface area contributed by atoms with E-state index in [4.69, 9.17) is 33.8 Å². The quantitative estimate of drug-likeness (QED) is 0.191. The van der Waals surface area contributed by atoms with E-state index < -0.39 is 64.6 Å². The minimum Gasteiger partial charge on any atom is -0.394 e. The third-order valence-corrected chi connectivity index (χ3v) is 7.24. The van der Waals surface area contributed by atoms with Crippen LogP contribution in [0.5, 0.6) is 0 Å². The molecule has 5 N–H and O–H groups in total. The van der Waals surface area contributed by atoms with Gasteiger partial charge in [-0.15, -0.1) is 0 Å². The molecular formula is C20H18Cl2F3N3O5S. The van der Waals surface area contributed by atoms with Gasteiger partial charge in [0.05, 0.1) is 27.5 Å². The molecule has 34 heavy (non-hydrogen) atoms. The topological polar surface area (TPSA) is 138 Å². The van der Waals surface area contributed by atoms with Crippen LogP contribution < -0.4 is 5.84 Å². The number of nitrogens with zero attached hydrogens (tertiary/aromatic N) is 2. The van der Waals surface area contributed by atoms with Crippen molar-refractivity contribution >= 4 is 45.9 Å². The van der Waals surface area contributed by atoms with Crippen molar-refractivity contribution in [2.24, 2.45) is 15.9 Å². The van der Waals surface area contributed by atoms with Gasteiger partial charge in [-0.2, -0.15) is 5.10 Å². The molecule has 4 unspecified atom stereocenters. The standard InChI is InChI=1S/C20H18Cl2F3N3O5S/c21-10-2-1-9(5-11(10)22)34(32)20-19(31)17(18(30)15(7-29)33-20)27-6-14(28-26)8-3-12(23)16(25)13(24)4-8/h1-6,15,17-20,29-31H,7,26H2/t15?,17?,18-,19?,20+,34?/m0/s1. The number of aliphatic hydroxyl groups excluding tert-OH is 3. The molecule has 1 saturated heterocycles. The van der Waals surface area contributed by atoms with E-state index in [0.717, 1.165) is 6.21 Å². The van der Waals surface area contributed by atoms with Gasteiger partial charge in [-0.1, -0.05) is 23.2 Å². The number of hydrogen-bond acceptors (Lipinski definition) is 8. The molecule has 8 nitrogen and oxygen atoms in total. The van der Waals surface area contributed by atoms with Gasteiger partial charge in [-0.25, -0.2) is 13.2 Å². The Morgan fingerprint density at radius 2 is 1.76 bits per heavy atom. The molecule has 1 aliphatic heterocycles. The Labute approximate surface area is 203 Å². The summed E-state index contributed by atoms with van der Waals surface area (Å²) in [4.78, 5) is 4.13. The van der Waals surface area contributed by atoms with Crippen LogP contribution in [-0.4, -0.2) is 67.9 Å². The summed E-state index contributed by atoms with van der Waals surface area (Å²) in [5.41, 5.74) is -2.04. The van der Waals surface area contributed by atoms with Gasteiger partial charge in [0.15, 0.2) is 22.9 Å². The fourth-order valence-corrected chi connectivity index (χ4v) is 4.92. The Hall–Kier alpha value is -2.06. The lowest BCUT2D eigenvalue weighted by molar-refractivity contribution is -0.160. The molecule has 1 aliphatic rings. The van der Waals surface area contributed by atoms with Gasteiger partial charge in [-0.3, -0.25) is 9.20 Å². The lowest BCUT2D eigenvalue weighted by Crippen LogP contribution is -2.59. The van der Waals surface area contributed by atoms with E-state index in [2.05, 4.69) is 10.1 Å². The Balaban J connectivity index is 1.91. The minimum absolute atomic E-state index is 0.105. The number of rotatable bonds is 6. The van der Waals surface area contributed by atoms with Gasteiger partial charge in [-0.05, 0) is 30.3 Å². The first-order chi connectivity index (χ1) is 16.1. The van der Waals surface area contributed by atoms with E-state index in [1.54, 1.807) is 0 Å². The second kappa shape index (κ2) is 11.1. The van der Waals surface area contributed by atoms with E-state index in [1.165, 1.54) is 18.2 Å². The second-order valence-electron chi connectivity index (χ2n) is 7.12. The Kier molecular flexibility index (Phi) is 8.68. The van der Waals surface area contributed by atoms with Gasteiger partial charge in [0.2, 0.25) is 0 Å². The summed E-state index contributed by atoms with van der Waals surface area (Å²) in [5.74, 6) is 0.582. The highest BCUT2D eigenvalue weighted by Crippen LogP contribution is 2.31. The predicted octanol–water partition coefficient (Wildman–Crippen LogP) is 1.76. The zero-order valence-electron chi connectivity index (χ0n) is 17.0. The summed E-state index contributed by atoms with van der Waals surface area (Å²) in [6, 6.07) is 3.94. The van der Waals surface area contributed by atoms with Crippen molar-refractivity contribution < 1.29 is 37.4 Å². The van der Waals surface area contributed by atoms with Crippen molar-refractivity contribution in [3.8, 4) is 0 Å². The summed E-state index contributed by atoms with van der Waals surface area (Å²) in [6.45, 7) is -0.707. The van der Waals surface area contributed by atoms with Gasteiger partial charge in [0.1, 0.15) is 30.1 Å². The van der Waals surface area contributed by atoms with Crippen LogP contribution in [0.4, 0.5) is 13.2 Å². The summed E-state index contributed by atoms with van der Waals surface area (Å²) >= 11 is 11.8. The third-order valence-electron chi connectivity index (χ3n) is 4.97. The molecule has 0 aromatic heterocycles. The van der Waals surface area contributed by atoms with E-state index in [-0.39, 0.29) is 26.2 Å². The maximum absolute atomic E-state index is 13.6. The third kappa shape index (κ3) is 5.43. The average molecular weight is 540 g/mol. The number of hydrazone groups is 1. The normalized spacial score (nSPS) is 26.7. The Bertz CT molecular complexity index is 1130. The van der Waals surface area contributed by atoms with Crippen LogP contribution in [0.1, 0.15) is 5.56 Å². The summed E-state index contributed by atoms with van der Waals surface area (Å²) in [6.07, 6.45) is -3.65. The average Bonchev–Trinajstić information content (AvgIpc) is 2.81. The first-order valence-corrected chi connectivity index (χ1v) is 11.5. The van der Waals surface area contributed by atoms with Crippen molar-refractivity contribution in [2.45, 2.75) is 34.7 Å². The van der Waals surface area contributed by atoms with Crippen molar-refractivity contribution in [3.05, 3.63) is 63.4 Å².